The number of carbonyl (C=O) groups excluding carboxylic acids is 1. The summed E-state index contributed by atoms with van der Waals surface area (Å²) in [5.41, 5.74) is -0.484. The molecule has 0 fully saturated rings. The lowest BCUT2D eigenvalue weighted by atomic mass is 10.2. The van der Waals surface area contributed by atoms with Gasteiger partial charge in [0.25, 0.3) is 0 Å². The van der Waals surface area contributed by atoms with E-state index in [0.29, 0.717) is 19.0 Å². The number of hydrogen-bond acceptors (Lipinski definition) is 5. The lowest BCUT2D eigenvalue weighted by molar-refractivity contribution is 0.0529. The highest BCUT2D eigenvalue weighted by molar-refractivity contribution is 7.11. The van der Waals surface area contributed by atoms with Crippen molar-refractivity contribution in [3.63, 3.8) is 0 Å². The molecule has 0 spiro atoms. The molecule has 1 aromatic heterocycles. The molecular formula is C16H29N5O2S. The van der Waals surface area contributed by atoms with Crippen molar-refractivity contribution in [3.05, 3.63) is 16.1 Å². The molecular weight excluding hydrogens is 326 g/mol. The minimum atomic E-state index is -0.484. The highest BCUT2D eigenvalue weighted by atomic mass is 32.1. The first-order valence-electron chi connectivity index (χ1n) is 8.19. The zero-order valence-corrected chi connectivity index (χ0v) is 16.0. The van der Waals surface area contributed by atoms with Crippen LogP contribution in [0.2, 0.25) is 0 Å². The van der Waals surface area contributed by atoms with Gasteiger partial charge in [-0.05, 0) is 27.2 Å². The number of nitrogens with zero attached hydrogens (tertiary/aromatic N) is 2. The third-order valence-corrected chi connectivity index (χ3v) is 4.09. The van der Waals surface area contributed by atoms with E-state index in [1.807, 2.05) is 27.0 Å². The molecule has 0 radical (unpaired) electrons. The van der Waals surface area contributed by atoms with Crippen LogP contribution in [0.5, 0.6) is 0 Å². The number of carbonyl (C=O) groups is 1. The molecule has 0 aromatic carbocycles. The van der Waals surface area contributed by atoms with Gasteiger partial charge in [0.1, 0.15) is 5.60 Å². The molecule has 0 aliphatic heterocycles. The molecule has 7 nitrogen and oxygen atoms in total. The van der Waals surface area contributed by atoms with Crippen molar-refractivity contribution in [2.45, 2.75) is 46.1 Å². The van der Waals surface area contributed by atoms with Crippen LogP contribution in [0.25, 0.3) is 0 Å². The van der Waals surface area contributed by atoms with E-state index in [0.717, 1.165) is 24.4 Å². The second kappa shape index (κ2) is 10.1. The smallest absolute Gasteiger partial charge is 0.407 e. The number of thiazole rings is 1. The van der Waals surface area contributed by atoms with E-state index in [9.17, 15) is 4.79 Å². The molecule has 8 heteroatoms. The molecule has 1 amide bonds. The van der Waals surface area contributed by atoms with Crippen molar-refractivity contribution in [3.8, 4) is 0 Å². The number of alkyl carbamates (subject to hydrolysis) is 1. The van der Waals surface area contributed by atoms with Crippen LogP contribution in [0.1, 0.15) is 37.6 Å². The monoisotopic (exact) mass is 355 g/mol. The number of hydrogen-bond donors (Lipinski definition) is 3. The summed E-state index contributed by atoms with van der Waals surface area (Å²) in [6, 6.07) is 0. The zero-order chi connectivity index (χ0) is 18.0. The van der Waals surface area contributed by atoms with Crippen molar-refractivity contribution in [1.82, 2.24) is 20.9 Å². The second-order valence-corrected chi connectivity index (χ2v) is 7.38. The van der Waals surface area contributed by atoms with Crippen molar-refractivity contribution >= 4 is 23.4 Å². The minimum Gasteiger partial charge on any atom is -0.444 e. The van der Waals surface area contributed by atoms with E-state index in [2.05, 4.69) is 32.9 Å². The summed E-state index contributed by atoms with van der Waals surface area (Å²) in [5, 5.41) is 10.2. The maximum atomic E-state index is 11.5. The van der Waals surface area contributed by atoms with Crippen LogP contribution in [0, 0.1) is 0 Å². The average Bonchev–Trinajstić information content (AvgIpc) is 2.96. The molecule has 1 heterocycles. The summed E-state index contributed by atoms with van der Waals surface area (Å²) in [7, 11) is 1.72. The molecule has 136 valence electrons. The average molecular weight is 356 g/mol. The standard InChI is InChI=1S/C16H29N5O2S/c1-6-12-11-21-13(24-12)7-8-18-14(17-5)19-9-10-20-15(22)23-16(2,3)4/h11H,6-10H2,1-5H3,(H,20,22)(H2,17,18,19). The van der Waals surface area contributed by atoms with Gasteiger partial charge in [-0.25, -0.2) is 9.78 Å². The predicted octanol–water partition coefficient (Wildman–Crippen LogP) is 1.94. The van der Waals surface area contributed by atoms with E-state index in [1.165, 1.54) is 4.88 Å². The van der Waals surface area contributed by atoms with E-state index in [4.69, 9.17) is 4.74 Å². The van der Waals surface area contributed by atoms with Crippen LogP contribution in [-0.2, 0) is 17.6 Å². The third kappa shape index (κ3) is 8.71. The molecule has 0 aliphatic rings. The van der Waals surface area contributed by atoms with Crippen molar-refractivity contribution < 1.29 is 9.53 Å². The predicted molar refractivity (Wildman–Crippen MR) is 98.8 cm³/mol. The normalized spacial score (nSPS) is 12.0. The van der Waals surface area contributed by atoms with Gasteiger partial charge >= 0.3 is 6.09 Å². The molecule has 0 unspecified atom stereocenters. The van der Waals surface area contributed by atoms with E-state index < -0.39 is 11.7 Å². The summed E-state index contributed by atoms with van der Waals surface area (Å²) in [5.74, 6) is 0.702. The second-order valence-electron chi connectivity index (χ2n) is 6.18. The topological polar surface area (TPSA) is 87.6 Å². The molecule has 1 rings (SSSR count). The first kappa shape index (κ1) is 20.2. The molecule has 0 aliphatic carbocycles. The van der Waals surface area contributed by atoms with E-state index in [-0.39, 0.29) is 0 Å². The highest BCUT2D eigenvalue weighted by Gasteiger charge is 2.15. The first-order valence-corrected chi connectivity index (χ1v) is 9.00. The number of aromatic nitrogens is 1. The fourth-order valence-corrected chi connectivity index (χ4v) is 2.66. The Kier molecular flexibility index (Phi) is 8.53. The summed E-state index contributed by atoms with van der Waals surface area (Å²) in [4.78, 5) is 21.4. The Morgan fingerprint density at radius 3 is 2.50 bits per heavy atom. The maximum Gasteiger partial charge on any atom is 0.407 e. The van der Waals surface area contributed by atoms with Crippen LogP contribution in [0.15, 0.2) is 11.2 Å². The van der Waals surface area contributed by atoms with Gasteiger partial charge in [-0.1, -0.05) is 6.92 Å². The van der Waals surface area contributed by atoms with Crippen LogP contribution in [0.3, 0.4) is 0 Å². The Morgan fingerprint density at radius 1 is 1.25 bits per heavy atom. The Bertz CT molecular complexity index is 537. The van der Waals surface area contributed by atoms with Gasteiger partial charge in [-0.2, -0.15) is 0 Å². The number of ether oxygens (including phenoxy) is 1. The number of nitrogens with one attached hydrogen (secondary N) is 3. The van der Waals surface area contributed by atoms with Gasteiger partial charge in [0.15, 0.2) is 5.96 Å². The summed E-state index contributed by atoms with van der Waals surface area (Å²) in [6.07, 6.45) is 3.42. The molecule has 0 bridgehead atoms. The van der Waals surface area contributed by atoms with Crippen molar-refractivity contribution in [1.29, 1.82) is 0 Å². The van der Waals surface area contributed by atoms with Crippen molar-refractivity contribution in [2.75, 3.05) is 26.7 Å². The molecule has 0 saturated heterocycles. The molecule has 0 atom stereocenters. The number of amides is 1. The third-order valence-electron chi connectivity index (χ3n) is 2.89. The first-order chi connectivity index (χ1) is 11.3. The van der Waals surface area contributed by atoms with Crippen LogP contribution in [0.4, 0.5) is 4.79 Å². The van der Waals surface area contributed by atoms with Gasteiger partial charge in [-0.15, -0.1) is 11.3 Å². The number of guanidine groups is 1. The maximum absolute atomic E-state index is 11.5. The lowest BCUT2D eigenvalue weighted by Crippen LogP contribution is -2.42. The van der Waals surface area contributed by atoms with E-state index >= 15 is 0 Å². The SMILES string of the molecule is CCc1cnc(CCNC(=NC)NCCNC(=O)OC(C)(C)C)s1. The van der Waals surface area contributed by atoms with Crippen LogP contribution < -0.4 is 16.0 Å². The Labute approximate surface area is 148 Å². The minimum absolute atomic E-state index is 0.414. The van der Waals surface area contributed by atoms with Gasteiger partial charge in [-0.3, -0.25) is 4.99 Å². The fourth-order valence-electron chi connectivity index (χ4n) is 1.80. The van der Waals surface area contributed by atoms with Gasteiger partial charge in [0.2, 0.25) is 0 Å². The number of aryl methyl sites for hydroxylation is 1. The largest absolute Gasteiger partial charge is 0.444 e. The number of rotatable bonds is 7. The van der Waals surface area contributed by atoms with Crippen LogP contribution in [-0.4, -0.2) is 49.3 Å². The fraction of sp³-hybridized carbons (Fsp3) is 0.688. The van der Waals surface area contributed by atoms with Gasteiger partial charge in [0, 0.05) is 44.2 Å². The molecule has 24 heavy (non-hydrogen) atoms. The Morgan fingerprint density at radius 2 is 1.92 bits per heavy atom. The quantitative estimate of drug-likeness (QED) is 0.395. The summed E-state index contributed by atoms with van der Waals surface area (Å²) < 4.78 is 5.17. The number of aliphatic imine (C=N–C) groups is 1. The lowest BCUT2D eigenvalue weighted by Gasteiger charge is -2.19. The Balaban J connectivity index is 2.17. The van der Waals surface area contributed by atoms with Crippen LogP contribution >= 0.6 is 11.3 Å². The summed E-state index contributed by atoms with van der Waals surface area (Å²) >= 11 is 1.75. The van der Waals surface area contributed by atoms with Gasteiger partial charge in [0.05, 0.1) is 5.01 Å². The van der Waals surface area contributed by atoms with E-state index in [1.54, 1.807) is 18.4 Å². The molecule has 0 saturated carbocycles. The zero-order valence-electron chi connectivity index (χ0n) is 15.2. The molecule has 3 N–H and O–H groups in total. The molecule has 1 aromatic rings. The Hall–Kier alpha value is -1.83. The van der Waals surface area contributed by atoms with Gasteiger partial charge < -0.3 is 20.7 Å². The highest BCUT2D eigenvalue weighted by Crippen LogP contribution is 2.13. The summed E-state index contributed by atoms with van der Waals surface area (Å²) in [6.45, 7) is 9.42. The van der Waals surface area contributed by atoms with Crippen molar-refractivity contribution in [2.24, 2.45) is 4.99 Å².